The molecule has 3 fully saturated rings. The molecule has 26 heavy (non-hydrogen) atoms. The Morgan fingerprint density at radius 1 is 1.23 bits per heavy atom. The molecule has 4 amide bonds. The smallest absolute Gasteiger partial charge is 0.324 e. The van der Waals surface area contributed by atoms with Crippen molar-refractivity contribution in [3.8, 4) is 0 Å². The molecule has 2 aliphatic carbocycles. The van der Waals surface area contributed by atoms with E-state index in [4.69, 9.17) is 0 Å². The Balaban J connectivity index is 1.30. The first-order valence-electron chi connectivity index (χ1n) is 9.55. The number of hydrogen-bond acceptors (Lipinski definition) is 3. The summed E-state index contributed by atoms with van der Waals surface area (Å²) in [6, 6.07) is 6.76. The van der Waals surface area contributed by atoms with E-state index in [0.29, 0.717) is 12.1 Å². The normalized spacial score (nSPS) is 27.1. The van der Waals surface area contributed by atoms with E-state index < -0.39 is 0 Å². The summed E-state index contributed by atoms with van der Waals surface area (Å²) in [5.74, 6) is 2.26. The van der Waals surface area contributed by atoms with Crippen LogP contribution in [0.2, 0.25) is 0 Å². The highest BCUT2D eigenvalue weighted by molar-refractivity contribution is 6.02. The van der Waals surface area contributed by atoms with Crippen LogP contribution in [0.25, 0.3) is 0 Å². The van der Waals surface area contributed by atoms with Crippen LogP contribution >= 0.6 is 0 Å². The van der Waals surface area contributed by atoms with Gasteiger partial charge in [-0.3, -0.25) is 14.5 Å². The van der Waals surface area contributed by atoms with Crippen LogP contribution in [-0.4, -0.2) is 35.8 Å². The second-order valence-corrected chi connectivity index (χ2v) is 7.82. The molecule has 1 saturated heterocycles. The highest BCUT2D eigenvalue weighted by Crippen LogP contribution is 2.49. The van der Waals surface area contributed by atoms with Crippen LogP contribution in [0.15, 0.2) is 24.3 Å². The van der Waals surface area contributed by atoms with Crippen molar-refractivity contribution in [3.05, 3.63) is 35.4 Å². The number of urea groups is 1. The van der Waals surface area contributed by atoms with E-state index in [-0.39, 0.29) is 30.9 Å². The fraction of sp³-hybridized carbons (Fsp3) is 0.550. The summed E-state index contributed by atoms with van der Waals surface area (Å²) in [5, 5.41) is 5.53. The van der Waals surface area contributed by atoms with Crippen molar-refractivity contribution in [2.75, 3.05) is 13.1 Å². The number of fused-ring (bicyclic) bond motifs is 2. The molecule has 1 aromatic rings. The zero-order valence-electron chi connectivity index (χ0n) is 14.9. The molecular formula is C20H25N3O3. The molecule has 3 aliphatic rings. The van der Waals surface area contributed by atoms with Gasteiger partial charge in [-0.1, -0.05) is 18.6 Å². The van der Waals surface area contributed by atoms with Gasteiger partial charge in [-0.25, -0.2) is 4.79 Å². The van der Waals surface area contributed by atoms with Crippen LogP contribution in [0.5, 0.6) is 0 Å². The lowest BCUT2D eigenvalue weighted by atomic mass is 9.86. The number of hydrogen-bond donors (Lipinski definition) is 2. The molecule has 2 bridgehead atoms. The van der Waals surface area contributed by atoms with Crippen molar-refractivity contribution in [2.45, 2.75) is 38.6 Å². The Hall–Kier alpha value is -2.37. The zero-order chi connectivity index (χ0) is 18.1. The van der Waals surface area contributed by atoms with E-state index in [1.807, 2.05) is 6.07 Å². The van der Waals surface area contributed by atoms with Crippen molar-refractivity contribution in [1.29, 1.82) is 0 Å². The van der Waals surface area contributed by atoms with Crippen LogP contribution in [0.1, 0.15) is 48.0 Å². The quantitative estimate of drug-likeness (QED) is 0.769. The number of nitrogens with zero attached hydrogens (tertiary/aromatic N) is 1. The number of rotatable bonds is 6. The first kappa shape index (κ1) is 17.1. The maximum atomic E-state index is 12.4. The number of carbonyl (C=O) groups excluding carboxylic acids is 3. The Bertz CT molecular complexity index is 717. The summed E-state index contributed by atoms with van der Waals surface area (Å²) >= 11 is 0. The Labute approximate surface area is 153 Å². The number of nitrogens with one attached hydrogen (secondary N) is 2. The van der Waals surface area contributed by atoms with Crippen LogP contribution < -0.4 is 10.6 Å². The predicted octanol–water partition coefficient (Wildman–Crippen LogP) is 2.29. The average molecular weight is 355 g/mol. The van der Waals surface area contributed by atoms with Crippen molar-refractivity contribution >= 4 is 17.8 Å². The number of imide groups is 1. The van der Waals surface area contributed by atoms with E-state index in [1.54, 1.807) is 18.2 Å². The van der Waals surface area contributed by atoms with Gasteiger partial charge >= 0.3 is 6.03 Å². The van der Waals surface area contributed by atoms with Gasteiger partial charge in [0.2, 0.25) is 5.91 Å². The molecule has 6 nitrogen and oxygen atoms in total. The Morgan fingerprint density at radius 2 is 2.12 bits per heavy atom. The summed E-state index contributed by atoms with van der Waals surface area (Å²) in [6.45, 7) is 0.947. The van der Waals surface area contributed by atoms with Crippen molar-refractivity contribution in [3.63, 3.8) is 0 Å². The van der Waals surface area contributed by atoms with Crippen LogP contribution in [0, 0.1) is 17.8 Å². The highest BCUT2D eigenvalue weighted by Gasteiger charge is 2.38. The summed E-state index contributed by atoms with van der Waals surface area (Å²) in [6.07, 6.45) is 6.56. The molecule has 4 rings (SSSR count). The fourth-order valence-corrected chi connectivity index (χ4v) is 4.81. The lowest BCUT2D eigenvalue weighted by Crippen LogP contribution is -2.30. The van der Waals surface area contributed by atoms with Gasteiger partial charge in [0.05, 0.1) is 13.1 Å². The van der Waals surface area contributed by atoms with Gasteiger partial charge in [0.1, 0.15) is 0 Å². The lowest BCUT2D eigenvalue weighted by Gasteiger charge is -2.21. The molecule has 0 spiro atoms. The summed E-state index contributed by atoms with van der Waals surface area (Å²) in [4.78, 5) is 36.9. The van der Waals surface area contributed by atoms with Gasteiger partial charge in [0.15, 0.2) is 0 Å². The third-order valence-electron chi connectivity index (χ3n) is 6.15. The molecule has 2 saturated carbocycles. The van der Waals surface area contributed by atoms with E-state index in [0.717, 1.165) is 29.7 Å². The van der Waals surface area contributed by atoms with E-state index in [2.05, 4.69) is 10.6 Å². The Kier molecular flexibility index (Phi) is 4.66. The summed E-state index contributed by atoms with van der Waals surface area (Å²) < 4.78 is 0. The Morgan fingerprint density at radius 3 is 2.81 bits per heavy atom. The fourth-order valence-electron chi connectivity index (χ4n) is 4.81. The van der Waals surface area contributed by atoms with E-state index in [9.17, 15) is 14.4 Å². The second-order valence-electron chi connectivity index (χ2n) is 7.82. The lowest BCUT2D eigenvalue weighted by molar-refractivity contribution is -0.125. The topological polar surface area (TPSA) is 78.5 Å². The average Bonchev–Trinajstić information content (AvgIpc) is 3.34. The molecule has 1 aliphatic heterocycles. The van der Waals surface area contributed by atoms with Crippen LogP contribution in [0.4, 0.5) is 4.79 Å². The third kappa shape index (κ3) is 3.45. The number of carbonyl (C=O) groups is 3. The molecule has 138 valence electrons. The first-order chi connectivity index (χ1) is 12.6. The predicted molar refractivity (Wildman–Crippen MR) is 96.3 cm³/mol. The third-order valence-corrected chi connectivity index (χ3v) is 6.15. The van der Waals surface area contributed by atoms with Crippen molar-refractivity contribution < 1.29 is 14.4 Å². The van der Waals surface area contributed by atoms with Gasteiger partial charge in [0, 0.05) is 12.1 Å². The van der Waals surface area contributed by atoms with E-state index in [1.165, 1.54) is 30.6 Å². The monoisotopic (exact) mass is 355 g/mol. The molecule has 1 aromatic carbocycles. The molecule has 6 heteroatoms. The zero-order valence-corrected chi connectivity index (χ0v) is 14.9. The SMILES string of the molecule is O=C(NCCC1CC2CCC1C2)c1cccc(CN2C(=O)CNC2=O)c1. The van der Waals surface area contributed by atoms with Crippen LogP contribution in [-0.2, 0) is 11.3 Å². The van der Waals surface area contributed by atoms with Crippen LogP contribution in [0.3, 0.4) is 0 Å². The standard InChI is InChI=1S/C20H25N3O3/c24-18-11-22-20(26)23(18)12-14-2-1-3-17(10-14)19(25)21-7-6-16-9-13-4-5-15(16)8-13/h1-3,10,13,15-16H,4-9,11-12H2,(H,21,25)(H,22,26). The van der Waals surface area contributed by atoms with Gasteiger partial charge in [-0.15, -0.1) is 0 Å². The van der Waals surface area contributed by atoms with Gasteiger partial charge < -0.3 is 10.6 Å². The summed E-state index contributed by atoms with van der Waals surface area (Å²) in [5.41, 5.74) is 1.35. The molecule has 0 radical (unpaired) electrons. The minimum Gasteiger partial charge on any atom is -0.352 e. The number of amides is 4. The molecule has 0 aromatic heterocycles. The molecule has 1 heterocycles. The summed E-state index contributed by atoms with van der Waals surface area (Å²) in [7, 11) is 0. The maximum Gasteiger partial charge on any atom is 0.324 e. The van der Waals surface area contributed by atoms with Gasteiger partial charge in [-0.05, 0) is 61.1 Å². The van der Waals surface area contributed by atoms with Gasteiger partial charge in [-0.2, -0.15) is 0 Å². The molecule has 3 unspecified atom stereocenters. The van der Waals surface area contributed by atoms with Gasteiger partial charge in [0.25, 0.3) is 5.91 Å². The van der Waals surface area contributed by atoms with Crippen molar-refractivity contribution in [1.82, 2.24) is 15.5 Å². The second kappa shape index (κ2) is 7.09. The molecular weight excluding hydrogens is 330 g/mol. The largest absolute Gasteiger partial charge is 0.352 e. The highest BCUT2D eigenvalue weighted by atomic mass is 16.2. The number of benzene rings is 1. The molecule has 2 N–H and O–H groups in total. The van der Waals surface area contributed by atoms with E-state index >= 15 is 0 Å². The minimum absolute atomic E-state index is 0.0437. The maximum absolute atomic E-state index is 12.4. The van der Waals surface area contributed by atoms with Crippen molar-refractivity contribution in [2.24, 2.45) is 17.8 Å². The first-order valence-corrected chi connectivity index (χ1v) is 9.55. The molecule has 3 atom stereocenters. The minimum atomic E-state index is -0.379.